The highest BCUT2D eigenvalue weighted by Crippen LogP contribution is 2.36. The molecule has 6 heteroatoms. The number of piperidine rings is 1. The predicted molar refractivity (Wildman–Crippen MR) is 91.5 cm³/mol. The lowest BCUT2D eigenvalue weighted by Crippen LogP contribution is -2.48. The van der Waals surface area contributed by atoms with E-state index in [0.29, 0.717) is 30.3 Å². The van der Waals surface area contributed by atoms with E-state index in [1.165, 1.54) is 26.0 Å². The van der Waals surface area contributed by atoms with Crippen LogP contribution >= 0.6 is 0 Å². The van der Waals surface area contributed by atoms with Gasteiger partial charge in [-0.05, 0) is 49.8 Å². The van der Waals surface area contributed by atoms with Gasteiger partial charge in [0.15, 0.2) is 11.5 Å². The quantitative estimate of drug-likeness (QED) is 0.905. The van der Waals surface area contributed by atoms with Crippen molar-refractivity contribution in [2.24, 2.45) is 11.8 Å². The summed E-state index contributed by atoms with van der Waals surface area (Å²) in [6.45, 7) is 1.91. The normalized spacial score (nSPS) is 25.9. The molecule has 2 amide bonds. The van der Waals surface area contributed by atoms with Crippen molar-refractivity contribution >= 4 is 11.8 Å². The molecule has 1 aromatic rings. The van der Waals surface area contributed by atoms with E-state index in [0.717, 1.165) is 19.4 Å². The fourth-order valence-electron chi connectivity index (χ4n) is 4.03. The molecule has 25 heavy (non-hydrogen) atoms. The first-order valence-corrected chi connectivity index (χ1v) is 9.03. The summed E-state index contributed by atoms with van der Waals surface area (Å²) in [4.78, 5) is 29.5. The van der Waals surface area contributed by atoms with Gasteiger partial charge in [0, 0.05) is 31.2 Å². The second kappa shape index (κ2) is 6.24. The van der Waals surface area contributed by atoms with Gasteiger partial charge in [-0.15, -0.1) is 0 Å². The van der Waals surface area contributed by atoms with Crippen LogP contribution in [-0.2, 0) is 4.79 Å². The molecule has 5 rings (SSSR count). The van der Waals surface area contributed by atoms with Gasteiger partial charge in [-0.2, -0.15) is 0 Å². The van der Waals surface area contributed by atoms with Crippen LogP contribution in [0.4, 0.5) is 0 Å². The van der Waals surface area contributed by atoms with E-state index in [1.54, 1.807) is 17.0 Å². The van der Waals surface area contributed by atoms with Crippen molar-refractivity contribution < 1.29 is 19.4 Å². The number of amides is 2. The van der Waals surface area contributed by atoms with Gasteiger partial charge in [0.05, 0.1) is 13.0 Å². The molecule has 0 spiro atoms. The summed E-state index contributed by atoms with van der Waals surface area (Å²) >= 11 is 0. The van der Waals surface area contributed by atoms with E-state index in [-0.39, 0.29) is 29.5 Å². The molecule has 0 unspecified atom stereocenters. The van der Waals surface area contributed by atoms with Gasteiger partial charge in [0.25, 0.3) is 5.91 Å². The van der Waals surface area contributed by atoms with E-state index < -0.39 is 0 Å². The van der Waals surface area contributed by atoms with E-state index >= 15 is 0 Å². The number of carbonyl (C=O) groups excluding carboxylic acids is 2. The molecule has 2 atom stereocenters. The first-order chi connectivity index (χ1) is 12.1. The second-order valence-corrected chi connectivity index (χ2v) is 7.46. The van der Waals surface area contributed by atoms with Crippen LogP contribution in [0.15, 0.2) is 18.2 Å². The number of aromatic hydroxyl groups is 1. The number of ether oxygens (including phenoxy) is 1. The average Bonchev–Trinajstić information content (AvgIpc) is 3.44. The van der Waals surface area contributed by atoms with Gasteiger partial charge in [0.1, 0.15) is 0 Å². The SMILES string of the molecule is COc1ccc(C(=O)N2C[C@@H]3CC[C@H](C2)N(CC2CC2)C3=O)cc1O. The lowest BCUT2D eigenvalue weighted by molar-refractivity contribution is -0.140. The Kier molecular flexibility index (Phi) is 4.06. The molecule has 2 bridgehead atoms. The molecule has 0 radical (unpaired) electrons. The Morgan fingerprint density at radius 3 is 2.72 bits per heavy atom. The van der Waals surface area contributed by atoms with Gasteiger partial charge in [-0.3, -0.25) is 9.59 Å². The zero-order chi connectivity index (χ0) is 17.6. The molecule has 134 valence electrons. The van der Waals surface area contributed by atoms with E-state index in [9.17, 15) is 14.7 Å². The summed E-state index contributed by atoms with van der Waals surface area (Å²) in [5.74, 6) is 0.960. The van der Waals surface area contributed by atoms with Crippen molar-refractivity contribution in [3.8, 4) is 11.5 Å². The zero-order valence-electron chi connectivity index (χ0n) is 14.5. The molecule has 4 aliphatic rings. The van der Waals surface area contributed by atoms with Crippen LogP contribution in [0.2, 0.25) is 0 Å². The molecule has 6 nitrogen and oxygen atoms in total. The van der Waals surface area contributed by atoms with Gasteiger partial charge in [-0.25, -0.2) is 0 Å². The van der Waals surface area contributed by atoms with Crippen molar-refractivity contribution in [2.45, 2.75) is 31.7 Å². The zero-order valence-corrected chi connectivity index (χ0v) is 14.5. The minimum absolute atomic E-state index is 0.0439. The van der Waals surface area contributed by atoms with Crippen molar-refractivity contribution in [1.82, 2.24) is 9.80 Å². The number of methoxy groups -OCH3 is 1. The van der Waals surface area contributed by atoms with Crippen LogP contribution < -0.4 is 4.74 Å². The minimum atomic E-state index is -0.129. The van der Waals surface area contributed by atoms with Crippen LogP contribution in [0.1, 0.15) is 36.0 Å². The maximum atomic E-state index is 12.9. The molecule has 3 heterocycles. The summed E-state index contributed by atoms with van der Waals surface area (Å²) in [5.41, 5.74) is 0.431. The van der Waals surface area contributed by atoms with Crippen molar-refractivity contribution in [3.63, 3.8) is 0 Å². The highest BCUT2D eigenvalue weighted by molar-refractivity contribution is 5.95. The summed E-state index contributed by atoms with van der Waals surface area (Å²) < 4.78 is 5.03. The smallest absolute Gasteiger partial charge is 0.254 e. The number of fused-ring (bicyclic) bond motifs is 4. The van der Waals surface area contributed by atoms with Crippen molar-refractivity contribution in [1.29, 1.82) is 0 Å². The third-order valence-electron chi connectivity index (χ3n) is 5.66. The maximum absolute atomic E-state index is 12.9. The molecule has 0 aromatic heterocycles. The highest BCUT2D eigenvalue weighted by Gasteiger charge is 2.43. The minimum Gasteiger partial charge on any atom is -0.504 e. The van der Waals surface area contributed by atoms with Gasteiger partial charge in [-0.1, -0.05) is 0 Å². The Morgan fingerprint density at radius 1 is 1.24 bits per heavy atom. The lowest BCUT2D eigenvalue weighted by atomic mass is 9.94. The molecule has 3 aliphatic heterocycles. The van der Waals surface area contributed by atoms with Crippen LogP contribution in [-0.4, -0.2) is 59.5 Å². The lowest BCUT2D eigenvalue weighted by Gasteiger charge is -2.36. The van der Waals surface area contributed by atoms with Crippen molar-refractivity contribution in [2.75, 3.05) is 26.7 Å². The number of phenolic OH excluding ortho intramolecular Hbond substituents is 1. The Morgan fingerprint density at radius 2 is 2.04 bits per heavy atom. The van der Waals surface area contributed by atoms with Crippen LogP contribution in [0, 0.1) is 11.8 Å². The highest BCUT2D eigenvalue weighted by atomic mass is 16.5. The Bertz CT molecular complexity index is 701. The van der Waals surface area contributed by atoms with Gasteiger partial charge >= 0.3 is 0 Å². The number of hydrogen-bond donors (Lipinski definition) is 1. The first-order valence-electron chi connectivity index (χ1n) is 9.03. The van der Waals surface area contributed by atoms with Crippen LogP contribution in [0.25, 0.3) is 0 Å². The van der Waals surface area contributed by atoms with Gasteiger partial charge in [0.2, 0.25) is 5.91 Å². The fraction of sp³-hybridized carbons (Fsp3) is 0.579. The molecular weight excluding hydrogens is 320 g/mol. The third-order valence-corrected chi connectivity index (χ3v) is 5.66. The summed E-state index contributed by atoms with van der Waals surface area (Å²) in [7, 11) is 1.48. The Balaban J connectivity index is 1.54. The Labute approximate surface area is 147 Å². The van der Waals surface area contributed by atoms with E-state index in [4.69, 9.17) is 4.74 Å². The summed E-state index contributed by atoms with van der Waals surface area (Å²) in [6, 6.07) is 4.83. The first kappa shape index (κ1) is 16.2. The number of rotatable bonds is 4. The number of hydrogen-bond acceptors (Lipinski definition) is 4. The molecule has 1 aliphatic carbocycles. The molecular formula is C19H24N2O4. The number of phenols is 1. The average molecular weight is 344 g/mol. The van der Waals surface area contributed by atoms with E-state index in [1.807, 2.05) is 4.90 Å². The monoisotopic (exact) mass is 344 g/mol. The largest absolute Gasteiger partial charge is 0.504 e. The van der Waals surface area contributed by atoms with Crippen LogP contribution in [0.5, 0.6) is 11.5 Å². The molecule has 4 fully saturated rings. The second-order valence-electron chi connectivity index (χ2n) is 7.46. The molecule has 3 saturated heterocycles. The number of nitrogens with zero attached hydrogens (tertiary/aromatic N) is 2. The summed E-state index contributed by atoms with van der Waals surface area (Å²) in [5, 5.41) is 9.94. The number of carbonyl (C=O) groups is 2. The molecule has 1 aromatic carbocycles. The Hall–Kier alpha value is -2.24. The standard InChI is InChI=1S/C19H24N2O4/c1-25-17-7-5-13(8-16(17)22)18(23)20-10-14-4-6-15(11-20)21(19(14)24)9-12-2-3-12/h5,7-8,12,14-15,22H,2-4,6,9-11H2,1H3/t14-,15+/m0/s1. The summed E-state index contributed by atoms with van der Waals surface area (Å²) in [6.07, 6.45) is 4.27. The van der Waals surface area contributed by atoms with Gasteiger partial charge < -0.3 is 19.6 Å². The third kappa shape index (κ3) is 3.05. The topological polar surface area (TPSA) is 70.1 Å². The van der Waals surface area contributed by atoms with Crippen LogP contribution in [0.3, 0.4) is 0 Å². The predicted octanol–water partition coefficient (Wildman–Crippen LogP) is 1.87. The maximum Gasteiger partial charge on any atom is 0.254 e. The van der Waals surface area contributed by atoms with E-state index in [2.05, 4.69) is 0 Å². The molecule has 1 saturated carbocycles. The molecule has 1 N–H and O–H groups in total. The fourth-order valence-corrected chi connectivity index (χ4v) is 4.03. The number of benzene rings is 1. The van der Waals surface area contributed by atoms with Crippen molar-refractivity contribution in [3.05, 3.63) is 23.8 Å².